The van der Waals surface area contributed by atoms with Crippen molar-refractivity contribution < 1.29 is 178 Å². The molecule has 0 saturated carbocycles. The topological polar surface area (TPSA) is 671 Å². The van der Waals surface area contributed by atoms with E-state index >= 15 is 0 Å². The van der Waals surface area contributed by atoms with Crippen LogP contribution in [0.5, 0.6) is 0 Å². The molecular weight excluding hydrogens is 1400 g/mol. The second-order valence-electron chi connectivity index (χ2n) is 23.8. The molecule has 0 radical (unpaired) electrons. The van der Waals surface area contributed by atoms with Crippen LogP contribution in [0.15, 0.2) is 12.2 Å². The fraction of sp³-hybridized carbons (Fsp3) is 0.710. The zero-order valence-electron chi connectivity index (χ0n) is 60.9. The second kappa shape index (κ2) is 81.5. The van der Waals surface area contributed by atoms with Crippen LogP contribution in [-0.4, -0.2) is 199 Å². The molecule has 0 fully saturated rings. The SMILES string of the molecule is CC(CCC(=O)O)C(C)(C)C(=O)O.CCCCCCCCCCCC(C(=O)O)C(=O)O.O=C(O)/C=C\C(=O)O.O=C(O)CCC(=O)O.O=C(O)CCCC(=O)O.O=C(O)CCCCC(=O)O.O=C(O)CCCCCCC(=O)O.O=C(O)CCCCCCCC(=O)O.O=C(O)CCCCCCCCC(=O)O. The monoisotopic (exact) mass is 1520 g/mol. The third-order valence-electron chi connectivity index (χ3n) is 13.8. The first kappa shape index (κ1) is 114. The normalized spacial score (nSPS) is 10.2. The Morgan fingerprint density at radius 2 is 0.419 bits per heavy atom. The van der Waals surface area contributed by atoms with E-state index in [1.807, 2.05) is 0 Å². The number of unbranched alkanes of at least 4 members (excludes halogenated alkanes) is 21. The van der Waals surface area contributed by atoms with Crippen LogP contribution >= 0.6 is 0 Å². The van der Waals surface area contributed by atoms with Crippen molar-refractivity contribution in [1.29, 1.82) is 0 Å². The lowest BCUT2D eigenvalue weighted by Crippen LogP contribution is -2.31. The van der Waals surface area contributed by atoms with Crippen LogP contribution < -0.4 is 0 Å². The van der Waals surface area contributed by atoms with E-state index in [9.17, 15) is 86.3 Å². The lowest BCUT2D eigenvalue weighted by atomic mass is 9.78. The molecule has 36 nitrogen and oxygen atoms in total. The van der Waals surface area contributed by atoms with Gasteiger partial charge >= 0.3 is 107 Å². The Hall–Kier alpha value is -9.80. The van der Waals surface area contributed by atoms with Crippen molar-refractivity contribution in [3.05, 3.63) is 12.2 Å². The number of aliphatic carboxylic acids is 18. The quantitative estimate of drug-likeness (QED) is 0.0153. The first-order valence-electron chi connectivity index (χ1n) is 34.4. The van der Waals surface area contributed by atoms with Crippen molar-refractivity contribution in [3.63, 3.8) is 0 Å². The molecule has 0 saturated heterocycles. The Bertz CT molecular complexity index is 2350. The van der Waals surface area contributed by atoms with Crippen molar-refractivity contribution >= 4 is 107 Å². The summed E-state index contributed by atoms with van der Waals surface area (Å²) in [7, 11) is 0. The lowest BCUT2D eigenvalue weighted by molar-refractivity contribution is -0.155. The van der Waals surface area contributed by atoms with Gasteiger partial charge in [-0.05, 0) is 90.4 Å². The maximum Gasteiger partial charge on any atom is 0.328 e. The number of hydrogen-bond donors (Lipinski definition) is 18. The molecule has 0 bridgehead atoms. The van der Waals surface area contributed by atoms with Crippen molar-refractivity contribution in [2.24, 2.45) is 17.3 Å². The minimum Gasteiger partial charge on any atom is -0.481 e. The number of rotatable bonds is 55. The van der Waals surface area contributed by atoms with Crippen molar-refractivity contribution in [2.45, 2.75) is 297 Å². The van der Waals surface area contributed by atoms with Crippen molar-refractivity contribution in [3.8, 4) is 0 Å². The zero-order chi connectivity index (χ0) is 83.2. The van der Waals surface area contributed by atoms with Crippen LogP contribution in [0.3, 0.4) is 0 Å². The summed E-state index contributed by atoms with van der Waals surface area (Å²) in [4.78, 5) is 181. The van der Waals surface area contributed by atoms with Gasteiger partial charge in [0.05, 0.1) is 18.3 Å². The summed E-state index contributed by atoms with van der Waals surface area (Å²) in [6.45, 7) is 7.18. The van der Waals surface area contributed by atoms with E-state index in [2.05, 4.69) is 6.92 Å². The highest BCUT2D eigenvalue weighted by Gasteiger charge is 2.33. The van der Waals surface area contributed by atoms with Crippen LogP contribution in [0.4, 0.5) is 0 Å². The van der Waals surface area contributed by atoms with E-state index in [0.29, 0.717) is 63.5 Å². The third kappa shape index (κ3) is 128. The summed E-state index contributed by atoms with van der Waals surface area (Å²) in [6.07, 6.45) is 26.2. The maximum atomic E-state index is 10.8. The Kier molecular flexibility index (Phi) is 88.2. The molecule has 0 aliphatic rings. The zero-order valence-corrected chi connectivity index (χ0v) is 60.9. The molecule has 0 heterocycles. The van der Waals surface area contributed by atoms with E-state index in [1.165, 1.54) is 38.5 Å². The van der Waals surface area contributed by atoms with Crippen LogP contribution in [0.2, 0.25) is 0 Å². The molecule has 18 N–H and O–H groups in total. The van der Waals surface area contributed by atoms with Crippen LogP contribution in [0, 0.1) is 17.3 Å². The van der Waals surface area contributed by atoms with E-state index < -0.39 is 119 Å². The molecular formula is C69H118O36. The molecule has 1 atom stereocenters. The number of carboxylic acids is 18. The highest BCUT2D eigenvalue weighted by atomic mass is 16.4. The number of carboxylic acid groups (broad SMARTS) is 18. The summed E-state index contributed by atoms with van der Waals surface area (Å²) in [6, 6.07) is 0. The minimum atomic E-state index is -1.26. The van der Waals surface area contributed by atoms with Gasteiger partial charge in [-0.15, -0.1) is 0 Å². The first-order chi connectivity index (χ1) is 48.8. The molecule has 0 aromatic heterocycles. The molecule has 105 heavy (non-hydrogen) atoms. The van der Waals surface area contributed by atoms with Gasteiger partial charge in [-0.1, -0.05) is 129 Å². The summed E-state index contributed by atoms with van der Waals surface area (Å²) >= 11 is 0. The minimum absolute atomic E-state index is 0.0257. The Labute approximate surface area is 610 Å². The van der Waals surface area contributed by atoms with E-state index in [0.717, 1.165) is 83.5 Å². The number of hydrogen-bond acceptors (Lipinski definition) is 18. The molecule has 0 rings (SSSR count). The Balaban J connectivity index is -0.000000143. The Morgan fingerprint density at radius 3 is 0.600 bits per heavy atom. The average Bonchev–Trinajstić information content (AvgIpc) is 0.866. The summed E-state index contributed by atoms with van der Waals surface area (Å²) < 4.78 is 0. The van der Waals surface area contributed by atoms with Gasteiger partial charge < -0.3 is 91.9 Å². The predicted molar refractivity (Wildman–Crippen MR) is 373 cm³/mol. The fourth-order valence-corrected chi connectivity index (χ4v) is 7.47. The summed E-state index contributed by atoms with van der Waals surface area (Å²) in [5, 5.41) is 148. The van der Waals surface area contributed by atoms with Crippen LogP contribution in [-0.2, 0) is 86.3 Å². The van der Waals surface area contributed by atoms with Crippen LogP contribution in [0.25, 0.3) is 0 Å². The summed E-state index contributed by atoms with van der Waals surface area (Å²) in [5.41, 5.74) is -0.852. The molecule has 36 heteroatoms. The van der Waals surface area contributed by atoms with Gasteiger partial charge in [0, 0.05) is 82.8 Å². The molecule has 0 aromatic carbocycles. The molecule has 610 valence electrons. The molecule has 0 amide bonds. The standard InChI is InChI=1S/C14H26O4.C10H18O4.2C9H16O4.C8H14O4.C6H10O4.C5H8O4.C4H6O4.C4H4O4/c1-2-3-4-5-6-7-8-9-10-11-12(13(15)16)14(17)18;11-9(12)7-5-3-1-2-4-6-8-10(13)14;1-6(4-5-7(10)11)9(2,3)8(12)13;10-8(11)6-4-2-1-3-5-7-9(12)13;9-7(10)5-3-1-2-4-6-8(11)12;7-5(8)3-1-2-4-6(9)10;6-4(7)2-1-3-5(8)9;2*5-3(6)1-2-4(7)8/h12H,2-11H2,1H3,(H,15,16)(H,17,18);1-8H2,(H,11,12)(H,13,14);6H,4-5H2,1-3H3,(H,10,11)(H,12,13);1-7H2,(H,10,11)(H,12,13);1-6H2,(H,9,10)(H,11,12);1-4H2,(H,7,8)(H,9,10);1-3H2,(H,6,7)(H,8,9);1-2H2,(H,5,6)(H,7,8);1-2H,(H,5,6)(H,7,8)/b;;;;;;;;2-1-. The smallest absolute Gasteiger partial charge is 0.328 e. The average molecular weight is 1520 g/mol. The fourth-order valence-electron chi connectivity index (χ4n) is 7.47. The lowest BCUT2D eigenvalue weighted by Gasteiger charge is -2.26. The van der Waals surface area contributed by atoms with Gasteiger partial charge in [0.25, 0.3) is 0 Å². The summed E-state index contributed by atoms with van der Waals surface area (Å²) in [5.74, 6) is -18.4. The molecule has 0 aromatic rings. The number of carbonyl (C=O) groups is 18. The van der Waals surface area contributed by atoms with Gasteiger partial charge in [0.1, 0.15) is 0 Å². The molecule has 0 aliphatic heterocycles. The predicted octanol–water partition coefficient (Wildman–Crippen LogP) is 11.6. The van der Waals surface area contributed by atoms with Gasteiger partial charge in [-0.3, -0.25) is 76.7 Å². The molecule has 1 unspecified atom stereocenters. The maximum absolute atomic E-state index is 10.8. The van der Waals surface area contributed by atoms with Gasteiger partial charge in [0.2, 0.25) is 0 Å². The second-order valence-corrected chi connectivity index (χ2v) is 23.8. The van der Waals surface area contributed by atoms with E-state index in [1.54, 1.807) is 20.8 Å². The van der Waals surface area contributed by atoms with Gasteiger partial charge in [-0.2, -0.15) is 0 Å². The molecule has 0 aliphatic carbocycles. The highest BCUT2D eigenvalue weighted by molar-refractivity contribution is 5.92. The molecule has 0 spiro atoms. The largest absolute Gasteiger partial charge is 0.481 e. The first-order valence-corrected chi connectivity index (χ1v) is 34.4. The van der Waals surface area contributed by atoms with Gasteiger partial charge in [-0.25, -0.2) is 9.59 Å². The highest BCUT2D eigenvalue weighted by Crippen LogP contribution is 2.30. The van der Waals surface area contributed by atoms with E-state index in [-0.39, 0.29) is 102 Å². The Morgan fingerprint density at radius 1 is 0.238 bits per heavy atom. The van der Waals surface area contributed by atoms with E-state index in [4.69, 9.17) is 91.9 Å². The van der Waals surface area contributed by atoms with Gasteiger partial charge in [0.15, 0.2) is 5.92 Å². The van der Waals surface area contributed by atoms with Crippen molar-refractivity contribution in [1.82, 2.24) is 0 Å². The van der Waals surface area contributed by atoms with Crippen LogP contribution in [0.1, 0.15) is 297 Å². The third-order valence-corrected chi connectivity index (χ3v) is 13.8. The van der Waals surface area contributed by atoms with Crippen molar-refractivity contribution in [2.75, 3.05) is 0 Å².